The molecule has 2 rings (SSSR count). The summed E-state index contributed by atoms with van der Waals surface area (Å²) >= 11 is 0. The van der Waals surface area contributed by atoms with E-state index in [2.05, 4.69) is 5.32 Å². The van der Waals surface area contributed by atoms with Crippen LogP contribution in [0.5, 0.6) is 0 Å². The molecule has 1 unspecified atom stereocenters. The lowest BCUT2D eigenvalue weighted by Gasteiger charge is -2.21. The Morgan fingerprint density at radius 1 is 1.30 bits per heavy atom. The minimum atomic E-state index is -0.888. The number of carbonyl (C=O) groups excluding carboxylic acids is 1. The molecule has 2 N–H and O–H groups in total. The molecule has 0 aromatic heterocycles. The van der Waals surface area contributed by atoms with Crippen molar-refractivity contribution in [2.45, 2.75) is 31.8 Å². The SMILES string of the molecule is CC(NC(=O)CN(CC(=O)O)C1CC1)c1ccccc1. The molecule has 0 spiro atoms. The second-order valence-electron chi connectivity index (χ2n) is 5.23. The molecule has 0 heterocycles. The summed E-state index contributed by atoms with van der Waals surface area (Å²) in [5.41, 5.74) is 1.04. The second kappa shape index (κ2) is 6.52. The standard InChI is InChI=1S/C15H20N2O3/c1-11(12-5-3-2-4-6-12)16-14(18)9-17(10-15(19)20)13-7-8-13/h2-6,11,13H,7-10H2,1H3,(H,16,18)(H,19,20). The number of nitrogens with zero attached hydrogens (tertiary/aromatic N) is 1. The van der Waals surface area contributed by atoms with Crippen molar-refractivity contribution in [3.8, 4) is 0 Å². The summed E-state index contributed by atoms with van der Waals surface area (Å²) in [6.45, 7) is 2.00. The molecule has 108 valence electrons. The van der Waals surface area contributed by atoms with Crippen LogP contribution in [0.3, 0.4) is 0 Å². The molecule has 1 amide bonds. The highest BCUT2D eigenvalue weighted by Gasteiger charge is 2.31. The van der Waals surface area contributed by atoms with E-state index in [1.807, 2.05) is 37.3 Å². The first kappa shape index (κ1) is 14.5. The minimum Gasteiger partial charge on any atom is -0.480 e. The van der Waals surface area contributed by atoms with Crippen LogP contribution in [-0.4, -0.2) is 41.0 Å². The molecule has 1 atom stereocenters. The van der Waals surface area contributed by atoms with E-state index in [4.69, 9.17) is 5.11 Å². The molecule has 0 aliphatic heterocycles. The monoisotopic (exact) mass is 276 g/mol. The van der Waals surface area contributed by atoms with Gasteiger partial charge in [0.25, 0.3) is 0 Å². The van der Waals surface area contributed by atoms with Crippen LogP contribution in [0.25, 0.3) is 0 Å². The molecule has 1 aliphatic rings. The summed E-state index contributed by atoms with van der Waals surface area (Å²) in [5.74, 6) is -1.02. The average molecular weight is 276 g/mol. The zero-order valence-corrected chi connectivity index (χ0v) is 11.6. The van der Waals surface area contributed by atoms with E-state index in [0.29, 0.717) is 0 Å². The fourth-order valence-electron chi connectivity index (χ4n) is 2.22. The fourth-order valence-corrected chi connectivity index (χ4v) is 2.22. The van der Waals surface area contributed by atoms with Crippen molar-refractivity contribution >= 4 is 11.9 Å². The summed E-state index contributed by atoms with van der Waals surface area (Å²) < 4.78 is 0. The lowest BCUT2D eigenvalue weighted by atomic mass is 10.1. The number of rotatable bonds is 7. The van der Waals surface area contributed by atoms with Crippen molar-refractivity contribution in [1.29, 1.82) is 0 Å². The lowest BCUT2D eigenvalue weighted by molar-refractivity contribution is -0.139. The molecule has 1 aromatic carbocycles. The van der Waals surface area contributed by atoms with Gasteiger partial charge in [-0.3, -0.25) is 14.5 Å². The van der Waals surface area contributed by atoms with Crippen molar-refractivity contribution in [1.82, 2.24) is 10.2 Å². The highest BCUT2D eigenvalue weighted by molar-refractivity contribution is 5.79. The van der Waals surface area contributed by atoms with Gasteiger partial charge in [-0.25, -0.2) is 0 Å². The van der Waals surface area contributed by atoms with Crippen LogP contribution < -0.4 is 5.32 Å². The van der Waals surface area contributed by atoms with Gasteiger partial charge in [0.05, 0.1) is 19.1 Å². The maximum atomic E-state index is 12.0. The van der Waals surface area contributed by atoms with Gasteiger partial charge in [-0.2, -0.15) is 0 Å². The zero-order valence-electron chi connectivity index (χ0n) is 11.6. The number of nitrogens with one attached hydrogen (secondary N) is 1. The van der Waals surface area contributed by atoms with Gasteiger partial charge in [-0.15, -0.1) is 0 Å². The maximum absolute atomic E-state index is 12.0. The summed E-state index contributed by atoms with van der Waals surface area (Å²) in [5, 5.41) is 11.8. The molecule has 1 fully saturated rings. The van der Waals surface area contributed by atoms with Gasteiger partial charge in [0.2, 0.25) is 5.91 Å². The van der Waals surface area contributed by atoms with Crippen molar-refractivity contribution < 1.29 is 14.7 Å². The van der Waals surface area contributed by atoms with Gasteiger partial charge in [-0.1, -0.05) is 30.3 Å². The first-order chi connectivity index (χ1) is 9.56. The molecule has 0 radical (unpaired) electrons. The fraction of sp³-hybridized carbons (Fsp3) is 0.467. The van der Waals surface area contributed by atoms with Crippen LogP contribution in [0.2, 0.25) is 0 Å². The molecular formula is C15H20N2O3. The Morgan fingerprint density at radius 3 is 2.50 bits per heavy atom. The Morgan fingerprint density at radius 2 is 1.95 bits per heavy atom. The van der Waals surface area contributed by atoms with Gasteiger partial charge in [0, 0.05) is 6.04 Å². The Labute approximate surface area is 118 Å². The van der Waals surface area contributed by atoms with E-state index >= 15 is 0 Å². The third kappa shape index (κ3) is 4.35. The smallest absolute Gasteiger partial charge is 0.317 e. The van der Waals surface area contributed by atoms with Crippen LogP contribution in [-0.2, 0) is 9.59 Å². The molecule has 1 aromatic rings. The normalized spacial score (nSPS) is 15.9. The predicted octanol–water partition coefficient (Wildman–Crippen LogP) is 1.41. The Bertz CT molecular complexity index is 471. The van der Waals surface area contributed by atoms with Crippen molar-refractivity contribution in [3.63, 3.8) is 0 Å². The quantitative estimate of drug-likeness (QED) is 0.790. The molecule has 1 saturated carbocycles. The van der Waals surface area contributed by atoms with E-state index in [-0.39, 0.29) is 31.1 Å². The molecule has 5 nitrogen and oxygen atoms in total. The van der Waals surface area contributed by atoms with Crippen molar-refractivity contribution in [2.24, 2.45) is 0 Å². The molecule has 5 heteroatoms. The lowest BCUT2D eigenvalue weighted by Crippen LogP contribution is -2.41. The molecule has 0 bridgehead atoms. The van der Waals surface area contributed by atoms with E-state index in [0.717, 1.165) is 18.4 Å². The largest absolute Gasteiger partial charge is 0.480 e. The van der Waals surface area contributed by atoms with E-state index in [1.165, 1.54) is 0 Å². The number of carboxylic acids is 1. The Kier molecular flexibility index (Phi) is 4.74. The highest BCUT2D eigenvalue weighted by atomic mass is 16.4. The Balaban J connectivity index is 1.86. The molecule has 0 saturated heterocycles. The summed E-state index contributed by atoms with van der Waals surface area (Å²) in [6.07, 6.45) is 1.96. The number of hydrogen-bond donors (Lipinski definition) is 2. The zero-order chi connectivity index (χ0) is 14.5. The number of benzene rings is 1. The number of carboxylic acid groups (broad SMARTS) is 1. The number of carbonyl (C=O) groups is 2. The van der Waals surface area contributed by atoms with Crippen molar-refractivity contribution in [3.05, 3.63) is 35.9 Å². The van der Waals surface area contributed by atoms with Crippen molar-refractivity contribution in [2.75, 3.05) is 13.1 Å². The Hall–Kier alpha value is -1.88. The van der Waals surface area contributed by atoms with E-state index in [9.17, 15) is 9.59 Å². The first-order valence-electron chi connectivity index (χ1n) is 6.86. The molecular weight excluding hydrogens is 256 g/mol. The molecule has 1 aliphatic carbocycles. The third-order valence-electron chi connectivity index (χ3n) is 3.43. The van der Waals surface area contributed by atoms with Crippen LogP contribution >= 0.6 is 0 Å². The van der Waals surface area contributed by atoms with Crippen LogP contribution in [0.4, 0.5) is 0 Å². The highest BCUT2D eigenvalue weighted by Crippen LogP contribution is 2.26. The predicted molar refractivity (Wildman–Crippen MR) is 75.2 cm³/mol. The van der Waals surface area contributed by atoms with E-state index in [1.54, 1.807) is 4.90 Å². The summed E-state index contributed by atoms with van der Waals surface area (Å²) in [4.78, 5) is 24.5. The summed E-state index contributed by atoms with van der Waals surface area (Å²) in [7, 11) is 0. The van der Waals surface area contributed by atoms with Gasteiger partial charge < -0.3 is 10.4 Å². The second-order valence-corrected chi connectivity index (χ2v) is 5.23. The number of hydrogen-bond acceptors (Lipinski definition) is 3. The number of amides is 1. The van der Waals surface area contributed by atoms with Gasteiger partial charge >= 0.3 is 5.97 Å². The summed E-state index contributed by atoms with van der Waals surface area (Å²) in [6, 6.07) is 9.89. The van der Waals surface area contributed by atoms with Gasteiger partial charge in [0.1, 0.15) is 0 Å². The third-order valence-corrected chi connectivity index (χ3v) is 3.43. The van der Waals surface area contributed by atoms with Gasteiger partial charge in [-0.05, 0) is 25.3 Å². The van der Waals surface area contributed by atoms with Gasteiger partial charge in [0.15, 0.2) is 0 Å². The van der Waals surface area contributed by atoms with E-state index < -0.39 is 5.97 Å². The average Bonchev–Trinajstić information content (AvgIpc) is 3.22. The molecule has 20 heavy (non-hydrogen) atoms. The van der Waals surface area contributed by atoms with Crippen LogP contribution in [0.1, 0.15) is 31.4 Å². The topological polar surface area (TPSA) is 69.6 Å². The minimum absolute atomic E-state index is 0.0716. The van der Waals surface area contributed by atoms with Crippen LogP contribution in [0.15, 0.2) is 30.3 Å². The van der Waals surface area contributed by atoms with Crippen LogP contribution in [0, 0.1) is 0 Å². The number of aliphatic carboxylic acids is 1. The first-order valence-corrected chi connectivity index (χ1v) is 6.86. The maximum Gasteiger partial charge on any atom is 0.317 e.